The summed E-state index contributed by atoms with van der Waals surface area (Å²) in [6, 6.07) is 0.242. The molecule has 5 nitrogen and oxygen atoms in total. The van der Waals surface area contributed by atoms with Crippen LogP contribution in [0.2, 0.25) is 0 Å². The van der Waals surface area contributed by atoms with Gasteiger partial charge in [-0.05, 0) is 20.8 Å². The Morgan fingerprint density at radius 3 is 2.54 bits per heavy atom. The lowest BCUT2D eigenvalue weighted by molar-refractivity contribution is 0.169. The SMILES string of the molecule is Cc1nnc([C@@H](O)CN)n1C(C)C. The zero-order chi connectivity index (χ0) is 10.0. The molecule has 0 aliphatic heterocycles. The van der Waals surface area contributed by atoms with Crippen LogP contribution in [0.15, 0.2) is 0 Å². The summed E-state index contributed by atoms with van der Waals surface area (Å²) in [7, 11) is 0. The van der Waals surface area contributed by atoms with Crippen molar-refractivity contribution in [2.45, 2.75) is 32.9 Å². The van der Waals surface area contributed by atoms with Crippen molar-refractivity contribution in [2.24, 2.45) is 5.73 Å². The number of aromatic nitrogens is 3. The van der Waals surface area contributed by atoms with Gasteiger partial charge in [-0.1, -0.05) is 0 Å². The predicted molar refractivity (Wildman–Crippen MR) is 49.2 cm³/mol. The molecule has 0 radical (unpaired) electrons. The molecule has 0 amide bonds. The molecule has 1 atom stereocenters. The standard InChI is InChI=1S/C8H16N4O/c1-5(2)12-6(3)10-11-8(12)7(13)4-9/h5,7,13H,4,9H2,1-3H3/t7-/m0/s1. The van der Waals surface area contributed by atoms with Crippen LogP contribution in [-0.2, 0) is 0 Å². The van der Waals surface area contributed by atoms with Gasteiger partial charge in [0.2, 0.25) is 0 Å². The summed E-state index contributed by atoms with van der Waals surface area (Å²) < 4.78 is 1.89. The Bertz CT molecular complexity index is 282. The number of aliphatic hydroxyl groups is 1. The van der Waals surface area contributed by atoms with Gasteiger partial charge in [-0.2, -0.15) is 0 Å². The predicted octanol–water partition coefficient (Wildman–Crippen LogP) is 0.160. The first-order valence-electron chi connectivity index (χ1n) is 4.37. The Balaban J connectivity index is 3.07. The average molecular weight is 184 g/mol. The van der Waals surface area contributed by atoms with Gasteiger partial charge in [-0.15, -0.1) is 10.2 Å². The quantitative estimate of drug-likeness (QED) is 0.701. The second-order valence-corrected chi connectivity index (χ2v) is 3.32. The van der Waals surface area contributed by atoms with E-state index in [1.54, 1.807) is 0 Å². The number of nitrogens with zero attached hydrogens (tertiary/aromatic N) is 3. The molecule has 5 heteroatoms. The summed E-state index contributed by atoms with van der Waals surface area (Å²) in [5.41, 5.74) is 5.35. The van der Waals surface area contributed by atoms with Gasteiger partial charge in [0.1, 0.15) is 11.9 Å². The number of aryl methyl sites for hydroxylation is 1. The Kier molecular flexibility index (Phi) is 3.00. The van der Waals surface area contributed by atoms with Crippen LogP contribution in [-0.4, -0.2) is 26.4 Å². The first kappa shape index (κ1) is 10.1. The molecule has 1 aromatic rings. The molecule has 0 bridgehead atoms. The number of hydrogen-bond acceptors (Lipinski definition) is 4. The van der Waals surface area contributed by atoms with Crippen LogP contribution in [0.1, 0.15) is 37.6 Å². The fourth-order valence-electron chi connectivity index (χ4n) is 1.36. The maximum atomic E-state index is 9.52. The molecule has 1 aromatic heterocycles. The van der Waals surface area contributed by atoms with E-state index in [9.17, 15) is 5.11 Å². The highest BCUT2D eigenvalue weighted by Gasteiger charge is 2.17. The molecule has 0 aromatic carbocycles. The molecule has 0 saturated heterocycles. The summed E-state index contributed by atoms with van der Waals surface area (Å²) >= 11 is 0. The minimum absolute atomic E-state index is 0.171. The van der Waals surface area contributed by atoms with Crippen molar-refractivity contribution in [3.63, 3.8) is 0 Å². The van der Waals surface area contributed by atoms with Crippen molar-refractivity contribution in [1.82, 2.24) is 14.8 Å². The van der Waals surface area contributed by atoms with E-state index in [2.05, 4.69) is 10.2 Å². The fourth-order valence-corrected chi connectivity index (χ4v) is 1.36. The van der Waals surface area contributed by atoms with Crippen LogP contribution in [0.3, 0.4) is 0 Å². The van der Waals surface area contributed by atoms with E-state index < -0.39 is 6.10 Å². The fraction of sp³-hybridized carbons (Fsp3) is 0.750. The largest absolute Gasteiger partial charge is 0.384 e. The maximum Gasteiger partial charge on any atom is 0.163 e. The molecule has 0 fully saturated rings. The Morgan fingerprint density at radius 2 is 2.08 bits per heavy atom. The molecule has 0 saturated carbocycles. The molecule has 0 spiro atoms. The van der Waals surface area contributed by atoms with Crippen LogP contribution in [0, 0.1) is 6.92 Å². The van der Waals surface area contributed by atoms with Gasteiger partial charge in [0.15, 0.2) is 5.82 Å². The van der Waals surface area contributed by atoms with Crippen LogP contribution in [0.5, 0.6) is 0 Å². The normalized spacial score (nSPS) is 13.7. The van der Waals surface area contributed by atoms with Gasteiger partial charge >= 0.3 is 0 Å². The van der Waals surface area contributed by atoms with Gasteiger partial charge < -0.3 is 15.4 Å². The molecule has 0 unspecified atom stereocenters. The maximum absolute atomic E-state index is 9.52. The lowest BCUT2D eigenvalue weighted by Gasteiger charge is -2.14. The molecular weight excluding hydrogens is 168 g/mol. The third kappa shape index (κ3) is 1.87. The van der Waals surface area contributed by atoms with Crippen LogP contribution < -0.4 is 5.73 Å². The zero-order valence-corrected chi connectivity index (χ0v) is 8.23. The van der Waals surface area contributed by atoms with E-state index in [4.69, 9.17) is 5.73 Å². The third-order valence-electron chi connectivity index (χ3n) is 1.93. The second kappa shape index (κ2) is 3.85. The van der Waals surface area contributed by atoms with E-state index in [0.29, 0.717) is 5.82 Å². The Hall–Kier alpha value is -0.940. The summed E-state index contributed by atoms with van der Waals surface area (Å²) in [6.45, 7) is 6.07. The number of rotatable bonds is 3. The second-order valence-electron chi connectivity index (χ2n) is 3.32. The average Bonchev–Trinajstić information content (AvgIpc) is 2.45. The highest BCUT2D eigenvalue weighted by Crippen LogP contribution is 2.16. The van der Waals surface area contributed by atoms with E-state index in [0.717, 1.165) is 5.82 Å². The zero-order valence-electron chi connectivity index (χ0n) is 8.23. The van der Waals surface area contributed by atoms with Crippen LogP contribution >= 0.6 is 0 Å². The summed E-state index contributed by atoms with van der Waals surface area (Å²) in [4.78, 5) is 0. The van der Waals surface area contributed by atoms with Crippen molar-refractivity contribution in [2.75, 3.05) is 6.54 Å². The first-order valence-corrected chi connectivity index (χ1v) is 4.37. The minimum atomic E-state index is -0.719. The molecular formula is C8H16N4O. The molecule has 1 rings (SSSR count). The number of nitrogens with two attached hydrogens (primary N) is 1. The molecule has 0 aliphatic rings. The third-order valence-corrected chi connectivity index (χ3v) is 1.93. The van der Waals surface area contributed by atoms with E-state index in [-0.39, 0.29) is 12.6 Å². The van der Waals surface area contributed by atoms with Crippen molar-refractivity contribution in [1.29, 1.82) is 0 Å². The monoisotopic (exact) mass is 184 g/mol. The van der Waals surface area contributed by atoms with Crippen LogP contribution in [0.4, 0.5) is 0 Å². The lowest BCUT2D eigenvalue weighted by atomic mass is 10.3. The van der Waals surface area contributed by atoms with E-state index >= 15 is 0 Å². The van der Waals surface area contributed by atoms with Gasteiger partial charge in [-0.25, -0.2) is 0 Å². The van der Waals surface area contributed by atoms with Crippen LogP contribution in [0.25, 0.3) is 0 Å². The first-order chi connectivity index (χ1) is 6.07. The molecule has 3 N–H and O–H groups in total. The van der Waals surface area contributed by atoms with Crippen molar-refractivity contribution in [3.8, 4) is 0 Å². The molecule has 1 heterocycles. The summed E-state index contributed by atoms with van der Waals surface area (Å²) in [6.07, 6.45) is -0.719. The van der Waals surface area contributed by atoms with Gasteiger partial charge in [0.05, 0.1) is 0 Å². The van der Waals surface area contributed by atoms with Crippen molar-refractivity contribution in [3.05, 3.63) is 11.6 Å². The lowest BCUT2D eigenvalue weighted by Crippen LogP contribution is -2.18. The smallest absolute Gasteiger partial charge is 0.163 e. The van der Waals surface area contributed by atoms with Gasteiger partial charge in [-0.3, -0.25) is 0 Å². The molecule has 74 valence electrons. The van der Waals surface area contributed by atoms with E-state index in [1.807, 2.05) is 25.3 Å². The van der Waals surface area contributed by atoms with Gasteiger partial charge in [0, 0.05) is 12.6 Å². The number of aliphatic hydroxyl groups excluding tert-OH is 1. The Morgan fingerprint density at radius 1 is 1.46 bits per heavy atom. The number of hydrogen-bond donors (Lipinski definition) is 2. The molecule has 13 heavy (non-hydrogen) atoms. The highest BCUT2D eigenvalue weighted by molar-refractivity contribution is 4.99. The summed E-state index contributed by atoms with van der Waals surface area (Å²) in [5, 5.41) is 17.3. The minimum Gasteiger partial charge on any atom is -0.384 e. The Labute approximate surface area is 77.6 Å². The van der Waals surface area contributed by atoms with Crippen molar-refractivity contribution >= 4 is 0 Å². The van der Waals surface area contributed by atoms with E-state index in [1.165, 1.54) is 0 Å². The highest BCUT2D eigenvalue weighted by atomic mass is 16.3. The van der Waals surface area contributed by atoms with Crippen molar-refractivity contribution < 1.29 is 5.11 Å². The summed E-state index contributed by atoms with van der Waals surface area (Å²) in [5.74, 6) is 1.35. The van der Waals surface area contributed by atoms with Gasteiger partial charge in [0.25, 0.3) is 0 Å². The molecule has 0 aliphatic carbocycles. The topological polar surface area (TPSA) is 77.0 Å².